The predicted octanol–water partition coefficient (Wildman–Crippen LogP) is 4.92. The maximum absolute atomic E-state index is 12.7. The first kappa shape index (κ1) is 18.8. The molecule has 2 rings (SSSR count). The molecule has 2 aromatic carbocycles. The summed E-state index contributed by atoms with van der Waals surface area (Å²) in [6.07, 6.45) is -3.17. The lowest BCUT2D eigenvalue weighted by molar-refractivity contribution is -0.137. The van der Waals surface area contributed by atoms with Crippen LogP contribution in [-0.2, 0) is 16.4 Å². The van der Waals surface area contributed by atoms with Crippen molar-refractivity contribution in [3.05, 3.63) is 76.9 Å². The minimum atomic E-state index is -4.40. The van der Waals surface area contributed by atoms with E-state index in [0.717, 1.165) is 17.7 Å². The number of nitrogens with two attached hydrogens (primary N) is 1. The second kappa shape index (κ2) is 6.75. The molecule has 0 saturated heterocycles. The molecule has 0 spiro atoms. The number of amides is 1. The summed E-state index contributed by atoms with van der Waals surface area (Å²) in [6, 6.07) is 12.2. The van der Waals surface area contributed by atoms with Crippen molar-refractivity contribution in [3.8, 4) is 0 Å². The molecule has 0 aliphatic carbocycles. The lowest BCUT2D eigenvalue weighted by atomic mass is 9.85. The second-order valence-electron chi connectivity index (χ2n) is 6.86. The molecule has 2 aromatic rings. The summed E-state index contributed by atoms with van der Waals surface area (Å²) in [5, 5.41) is 0. The zero-order valence-corrected chi connectivity index (χ0v) is 14.3. The number of carbonyl (C=O) groups excluding carboxylic acids is 1. The molecule has 0 aromatic heterocycles. The highest BCUT2D eigenvalue weighted by Crippen LogP contribution is 2.32. The van der Waals surface area contributed by atoms with Crippen LogP contribution in [0.25, 0.3) is 5.57 Å². The van der Waals surface area contributed by atoms with Crippen molar-refractivity contribution in [2.24, 2.45) is 5.73 Å². The first-order valence-corrected chi connectivity index (χ1v) is 7.78. The molecule has 0 aliphatic rings. The second-order valence-corrected chi connectivity index (χ2v) is 6.86. The number of carbonyl (C=O) groups is 1. The van der Waals surface area contributed by atoms with E-state index >= 15 is 0 Å². The number of primary amides is 1. The van der Waals surface area contributed by atoms with E-state index in [0.29, 0.717) is 16.7 Å². The Bertz CT molecular complexity index is 720. The van der Waals surface area contributed by atoms with Crippen molar-refractivity contribution < 1.29 is 18.0 Å². The zero-order valence-electron chi connectivity index (χ0n) is 14.3. The summed E-state index contributed by atoms with van der Waals surface area (Å²) >= 11 is 0. The van der Waals surface area contributed by atoms with Crippen LogP contribution in [0.3, 0.4) is 0 Å². The van der Waals surface area contributed by atoms with E-state index in [2.05, 4.69) is 20.8 Å². The highest BCUT2D eigenvalue weighted by atomic mass is 19.4. The van der Waals surface area contributed by atoms with E-state index in [1.54, 1.807) is 0 Å². The van der Waals surface area contributed by atoms with Gasteiger partial charge < -0.3 is 5.73 Å². The molecule has 0 heterocycles. The SMILES string of the molecule is CC(C)(C)c1ccc(C(=CC(N)=O)c2ccc(C(F)(F)F)cc2)cc1. The minimum Gasteiger partial charge on any atom is -0.366 e. The Morgan fingerprint density at radius 1 is 0.840 bits per heavy atom. The van der Waals surface area contributed by atoms with Crippen molar-refractivity contribution in [2.45, 2.75) is 32.4 Å². The normalized spacial score (nSPS) is 13.0. The lowest BCUT2D eigenvalue weighted by Crippen LogP contribution is -2.11. The first-order valence-electron chi connectivity index (χ1n) is 7.78. The van der Waals surface area contributed by atoms with Crippen molar-refractivity contribution in [1.29, 1.82) is 0 Å². The average Bonchev–Trinajstić information content (AvgIpc) is 2.51. The van der Waals surface area contributed by atoms with Crippen LogP contribution in [0, 0.1) is 0 Å². The van der Waals surface area contributed by atoms with E-state index in [4.69, 9.17) is 5.73 Å². The molecule has 132 valence electrons. The molecule has 2 N–H and O–H groups in total. The van der Waals surface area contributed by atoms with Crippen LogP contribution in [0.2, 0.25) is 0 Å². The van der Waals surface area contributed by atoms with Gasteiger partial charge in [0.25, 0.3) is 0 Å². The molecule has 2 nitrogen and oxygen atoms in total. The van der Waals surface area contributed by atoms with E-state index in [1.807, 2.05) is 24.3 Å². The van der Waals surface area contributed by atoms with Gasteiger partial charge in [-0.25, -0.2) is 0 Å². The smallest absolute Gasteiger partial charge is 0.366 e. The first-order chi connectivity index (χ1) is 11.5. The van der Waals surface area contributed by atoms with E-state index in [1.165, 1.54) is 18.2 Å². The maximum atomic E-state index is 12.7. The van der Waals surface area contributed by atoms with Crippen molar-refractivity contribution in [1.82, 2.24) is 0 Å². The van der Waals surface area contributed by atoms with Gasteiger partial charge in [-0.15, -0.1) is 0 Å². The molecule has 0 fully saturated rings. The Kier molecular flexibility index (Phi) is 5.07. The van der Waals surface area contributed by atoms with E-state index < -0.39 is 17.6 Å². The van der Waals surface area contributed by atoms with Crippen molar-refractivity contribution in [2.75, 3.05) is 0 Å². The van der Waals surface area contributed by atoms with Crippen LogP contribution in [0.4, 0.5) is 13.2 Å². The molecule has 5 heteroatoms. The summed E-state index contributed by atoms with van der Waals surface area (Å²) in [7, 11) is 0. The third-order valence-corrected chi connectivity index (χ3v) is 3.87. The largest absolute Gasteiger partial charge is 0.416 e. The van der Waals surface area contributed by atoms with Gasteiger partial charge in [-0.05, 0) is 39.8 Å². The zero-order chi connectivity index (χ0) is 18.8. The van der Waals surface area contributed by atoms with Gasteiger partial charge in [0.1, 0.15) is 0 Å². The average molecular weight is 347 g/mol. The van der Waals surface area contributed by atoms with Crippen LogP contribution in [0.5, 0.6) is 0 Å². The van der Waals surface area contributed by atoms with E-state index in [-0.39, 0.29) is 5.41 Å². The molecule has 0 radical (unpaired) electrons. The molecule has 0 unspecified atom stereocenters. The monoisotopic (exact) mass is 347 g/mol. The predicted molar refractivity (Wildman–Crippen MR) is 92.9 cm³/mol. The van der Waals surface area contributed by atoms with Crippen molar-refractivity contribution >= 4 is 11.5 Å². The topological polar surface area (TPSA) is 43.1 Å². The van der Waals surface area contributed by atoms with Gasteiger partial charge >= 0.3 is 6.18 Å². The van der Waals surface area contributed by atoms with Crippen LogP contribution in [0.15, 0.2) is 54.6 Å². The Morgan fingerprint density at radius 3 is 1.56 bits per heavy atom. The number of hydrogen-bond donors (Lipinski definition) is 1. The fraction of sp³-hybridized carbons (Fsp3) is 0.250. The number of halogens is 3. The number of hydrogen-bond acceptors (Lipinski definition) is 1. The van der Waals surface area contributed by atoms with Crippen LogP contribution >= 0.6 is 0 Å². The van der Waals surface area contributed by atoms with Gasteiger partial charge in [-0.3, -0.25) is 4.79 Å². The number of rotatable bonds is 3. The molecule has 0 atom stereocenters. The summed E-state index contributed by atoms with van der Waals surface area (Å²) < 4.78 is 38.2. The summed E-state index contributed by atoms with van der Waals surface area (Å²) in [5.74, 6) is -0.658. The third kappa shape index (κ3) is 4.72. The molecule has 0 aliphatic heterocycles. The standard InChI is InChI=1S/C20H20F3NO/c1-19(2,3)15-8-4-13(5-9-15)17(12-18(24)25)14-6-10-16(11-7-14)20(21,22)23/h4-12H,1-3H3,(H2,24,25). The Hall–Kier alpha value is -2.56. The van der Waals surface area contributed by atoms with E-state index in [9.17, 15) is 18.0 Å². The fourth-order valence-corrected chi connectivity index (χ4v) is 2.46. The summed E-state index contributed by atoms with van der Waals surface area (Å²) in [5.41, 5.74) is 7.32. The maximum Gasteiger partial charge on any atom is 0.416 e. The fourth-order valence-electron chi connectivity index (χ4n) is 2.46. The molecule has 25 heavy (non-hydrogen) atoms. The minimum absolute atomic E-state index is 0.0273. The molecular formula is C20H20F3NO. The molecule has 0 saturated carbocycles. The highest BCUT2D eigenvalue weighted by Gasteiger charge is 2.30. The van der Waals surface area contributed by atoms with Gasteiger partial charge in [0.15, 0.2) is 0 Å². The van der Waals surface area contributed by atoms with Crippen LogP contribution < -0.4 is 5.73 Å². The number of benzene rings is 2. The van der Waals surface area contributed by atoms with Gasteiger partial charge in [0.05, 0.1) is 5.56 Å². The van der Waals surface area contributed by atoms with Gasteiger partial charge in [-0.2, -0.15) is 13.2 Å². The quantitative estimate of drug-likeness (QED) is 0.787. The Balaban J connectivity index is 2.46. The van der Waals surface area contributed by atoms with Crippen LogP contribution in [0.1, 0.15) is 43.0 Å². The summed E-state index contributed by atoms with van der Waals surface area (Å²) in [4.78, 5) is 11.4. The van der Waals surface area contributed by atoms with Gasteiger partial charge in [0, 0.05) is 6.08 Å². The van der Waals surface area contributed by atoms with Gasteiger partial charge in [0.2, 0.25) is 5.91 Å². The van der Waals surface area contributed by atoms with Gasteiger partial charge in [-0.1, -0.05) is 57.2 Å². The lowest BCUT2D eigenvalue weighted by Gasteiger charge is -2.19. The van der Waals surface area contributed by atoms with Crippen molar-refractivity contribution in [3.63, 3.8) is 0 Å². The molecular weight excluding hydrogens is 327 g/mol. The third-order valence-electron chi connectivity index (χ3n) is 3.87. The molecule has 0 bridgehead atoms. The van der Waals surface area contributed by atoms with Crippen LogP contribution in [-0.4, -0.2) is 5.91 Å². The Labute approximate surface area is 145 Å². The molecule has 1 amide bonds. The Morgan fingerprint density at radius 2 is 1.24 bits per heavy atom. The summed E-state index contributed by atoms with van der Waals surface area (Å²) in [6.45, 7) is 6.24. The number of alkyl halides is 3. The highest BCUT2D eigenvalue weighted by molar-refractivity contribution is 5.98.